The van der Waals surface area contributed by atoms with Gasteiger partial charge in [-0.1, -0.05) is 26.0 Å². The van der Waals surface area contributed by atoms with Crippen LogP contribution >= 0.6 is 11.8 Å². The first kappa shape index (κ1) is 28.2. The summed E-state index contributed by atoms with van der Waals surface area (Å²) >= 11 is 1.50. The number of carboxylic acids is 1. The van der Waals surface area contributed by atoms with E-state index in [0.29, 0.717) is 12.2 Å². The van der Waals surface area contributed by atoms with Crippen molar-refractivity contribution in [1.29, 1.82) is 0 Å². The molecule has 3 amide bonds. The van der Waals surface area contributed by atoms with E-state index in [4.69, 9.17) is 10.8 Å². The van der Waals surface area contributed by atoms with Crippen LogP contribution in [0.25, 0.3) is 0 Å². The van der Waals surface area contributed by atoms with E-state index >= 15 is 0 Å². The highest BCUT2D eigenvalue weighted by Gasteiger charge is 2.30. The Kier molecular flexibility index (Phi) is 11.7. The van der Waals surface area contributed by atoms with Crippen molar-refractivity contribution in [1.82, 2.24) is 16.0 Å². The second kappa shape index (κ2) is 13.7. The van der Waals surface area contributed by atoms with Crippen LogP contribution in [0, 0.1) is 5.92 Å². The molecule has 0 aromatic heterocycles. The van der Waals surface area contributed by atoms with Crippen LogP contribution in [0.3, 0.4) is 0 Å². The first-order chi connectivity index (χ1) is 15.5. The molecule has 184 valence electrons. The minimum absolute atomic E-state index is 0.104. The van der Waals surface area contributed by atoms with Crippen LogP contribution < -0.4 is 21.7 Å². The third-order valence-corrected chi connectivity index (χ3v) is 5.59. The summed E-state index contributed by atoms with van der Waals surface area (Å²) in [7, 11) is 0. The van der Waals surface area contributed by atoms with Gasteiger partial charge in [0.15, 0.2) is 0 Å². The molecule has 1 aromatic rings. The number of benzene rings is 1. The second-order valence-electron chi connectivity index (χ2n) is 8.12. The summed E-state index contributed by atoms with van der Waals surface area (Å²) in [6, 6.07) is 2.39. The zero-order valence-electron chi connectivity index (χ0n) is 19.3. The van der Waals surface area contributed by atoms with Gasteiger partial charge in [-0.05, 0) is 55.4 Å². The Hall–Kier alpha value is -2.79. The van der Waals surface area contributed by atoms with Crippen molar-refractivity contribution in [2.45, 2.75) is 57.8 Å². The molecule has 1 rings (SSSR count). The van der Waals surface area contributed by atoms with Crippen molar-refractivity contribution >= 4 is 35.5 Å². The molecule has 4 unspecified atom stereocenters. The third kappa shape index (κ3) is 9.70. The van der Waals surface area contributed by atoms with Crippen molar-refractivity contribution in [2.24, 2.45) is 11.7 Å². The van der Waals surface area contributed by atoms with E-state index in [-0.39, 0.29) is 18.1 Å². The lowest BCUT2D eigenvalue weighted by atomic mass is 10.0. The van der Waals surface area contributed by atoms with E-state index in [1.54, 1.807) is 26.0 Å². The molecule has 0 spiro atoms. The standard InChI is InChI=1S/C22H34N4O6S/c1-12(2)18(21(30)24-13(3)22(31)32)26-20(29)17(9-10-33-4)25-19(28)16(23)11-14-5-7-15(27)8-6-14/h5-8,12-13,16-18,27H,9-11,23H2,1-4H3,(H,24,30)(H,25,28)(H,26,29)(H,31,32). The van der Waals surface area contributed by atoms with Crippen LogP contribution in [-0.4, -0.2) is 70.1 Å². The van der Waals surface area contributed by atoms with Crippen LogP contribution in [0.5, 0.6) is 5.75 Å². The molecule has 10 nitrogen and oxygen atoms in total. The minimum atomic E-state index is -1.19. The number of aromatic hydroxyl groups is 1. The van der Waals surface area contributed by atoms with Crippen molar-refractivity contribution in [3.05, 3.63) is 29.8 Å². The molecule has 11 heteroatoms. The fraction of sp³-hybridized carbons (Fsp3) is 0.545. The van der Waals surface area contributed by atoms with Crippen molar-refractivity contribution in [2.75, 3.05) is 12.0 Å². The molecule has 0 aliphatic rings. The van der Waals surface area contributed by atoms with E-state index < -0.39 is 47.9 Å². The number of carbonyl (C=O) groups is 4. The van der Waals surface area contributed by atoms with E-state index in [0.717, 1.165) is 5.56 Å². The lowest BCUT2D eigenvalue weighted by Crippen LogP contribution is -2.58. The molecule has 0 saturated carbocycles. The Morgan fingerprint density at radius 2 is 1.58 bits per heavy atom. The molecule has 7 N–H and O–H groups in total. The van der Waals surface area contributed by atoms with Gasteiger partial charge in [-0.2, -0.15) is 11.8 Å². The van der Waals surface area contributed by atoms with Crippen molar-refractivity contribution in [3.8, 4) is 5.75 Å². The van der Waals surface area contributed by atoms with Crippen LogP contribution in [0.2, 0.25) is 0 Å². The maximum atomic E-state index is 12.9. The number of rotatable bonds is 13. The molecule has 0 aliphatic carbocycles. The monoisotopic (exact) mass is 482 g/mol. The topological polar surface area (TPSA) is 171 Å². The Balaban J connectivity index is 2.85. The summed E-state index contributed by atoms with van der Waals surface area (Å²) in [4.78, 5) is 49.1. The van der Waals surface area contributed by atoms with Gasteiger partial charge in [0.25, 0.3) is 0 Å². The molecule has 0 saturated heterocycles. The van der Waals surface area contributed by atoms with Crippen LogP contribution in [0.4, 0.5) is 0 Å². The van der Waals surface area contributed by atoms with E-state index in [2.05, 4.69) is 16.0 Å². The molecule has 0 heterocycles. The van der Waals surface area contributed by atoms with Gasteiger partial charge in [0.2, 0.25) is 17.7 Å². The fourth-order valence-electron chi connectivity index (χ4n) is 2.92. The summed E-state index contributed by atoms with van der Waals surface area (Å²) in [5, 5.41) is 26.0. The fourth-order valence-corrected chi connectivity index (χ4v) is 3.39. The molecule has 0 radical (unpaired) electrons. The number of carbonyl (C=O) groups excluding carboxylic acids is 3. The van der Waals surface area contributed by atoms with E-state index in [1.807, 2.05) is 6.26 Å². The lowest BCUT2D eigenvalue weighted by Gasteiger charge is -2.26. The second-order valence-corrected chi connectivity index (χ2v) is 9.10. The number of aliphatic carboxylic acids is 1. The highest BCUT2D eigenvalue weighted by Crippen LogP contribution is 2.11. The molecule has 4 atom stereocenters. The van der Waals surface area contributed by atoms with Gasteiger partial charge in [-0.25, -0.2) is 0 Å². The predicted molar refractivity (Wildman–Crippen MR) is 127 cm³/mol. The zero-order valence-corrected chi connectivity index (χ0v) is 20.1. The number of phenolic OH excluding ortho intramolecular Hbond substituents is 1. The molecular weight excluding hydrogens is 448 g/mol. The normalized spacial score (nSPS) is 14.6. The smallest absolute Gasteiger partial charge is 0.325 e. The molecule has 33 heavy (non-hydrogen) atoms. The van der Waals surface area contributed by atoms with Gasteiger partial charge < -0.3 is 31.9 Å². The average Bonchev–Trinajstić information content (AvgIpc) is 2.75. The van der Waals surface area contributed by atoms with Crippen LogP contribution in [0.15, 0.2) is 24.3 Å². The summed E-state index contributed by atoms with van der Waals surface area (Å²) in [5.41, 5.74) is 6.77. The number of hydrogen-bond donors (Lipinski definition) is 6. The number of carboxylic acid groups (broad SMARTS) is 1. The maximum absolute atomic E-state index is 12.9. The Labute approximate surface area is 198 Å². The highest BCUT2D eigenvalue weighted by atomic mass is 32.2. The third-order valence-electron chi connectivity index (χ3n) is 4.95. The summed E-state index contributed by atoms with van der Waals surface area (Å²) < 4.78 is 0. The van der Waals surface area contributed by atoms with Crippen molar-refractivity contribution < 1.29 is 29.4 Å². The van der Waals surface area contributed by atoms with Gasteiger partial charge in [-0.15, -0.1) is 0 Å². The summed E-state index contributed by atoms with van der Waals surface area (Å²) in [6.07, 6.45) is 2.40. The average molecular weight is 483 g/mol. The first-order valence-corrected chi connectivity index (χ1v) is 12.0. The Bertz CT molecular complexity index is 818. The number of thioether (sulfide) groups is 1. The van der Waals surface area contributed by atoms with Crippen LogP contribution in [-0.2, 0) is 25.6 Å². The van der Waals surface area contributed by atoms with Gasteiger partial charge in [-0.3, -0.25) is 19.2 Å². The predicted octanol–water partition coefficient (Wildman–Crippen LogP) is 0.230. The van der Waals surface area contributed by atoms with Gasteiger partial charge >= 0.3 is 5.97 Å². The van der Waals surface area contributed by atoms with Gasteiger partial charge in [0.1, 0.15) is 23.9 Å². The number of nitrogens with two attached hydrogens (primary N) is 1. The van der Waals surface area contributed by atoms with E-state index in [9.17, 15) is 24.3 Å². The number of phenols is 1. The number of hydrogen-bond acceptors (Lipinski definition) is 7. The van der Waals surface area contributed by atoms with Gasteiger partial charge in [0, 0.05) is 0 Å². The molecule has 0 aliphatic heterocycles. The lowest BCUT2D eigenvalue weighted by molar-refractivity contribution is -0.142. The summed E-state index contributed by atoms with van der Waals surface area (Å²) in [5.74, 6) is -2.51. The summed E-state index contributed by atoms with van der Waals surface area (Å²) in [6.45, 7) is 4.77. The molecule has 1 aromatic carbocycles. The number of amides is 3. The molecule has 0 fully saturated rings. The Morgan fingerprint density at radius 1 is 0.970 bits per heavy atom. The first-order valence-electron chi connectivity index (χ1n) is 10.6. The van der Waals surface area contributed by atoms with Crippen LogP contribution in [0.1, 0.15) is 32.8 Å². The molecule has 0 bridgehead atoms. The largest absolute Gasteiger partial charge is 0.508 e. The van der Waals surface area contributed by atoms with Gasteiger partial charge in [0.05, 0.1) is 6.04 Å². The molecular formula is C22H34N4O6S. The minimum Gasteiger partial charge on any atom is -0.508 e. The number of nitrogens with one attached hydrogen (secondary N) is 3. The SMILES string of the molecule is CSCCC(NC(=O)C(N)Cc1ccc(O)cc1)C(=O)NC(C(=O)NC(C)C(=O)O)C(C)C. The zero-order chi connectivity index (χ0) is 25.1. The Morgan fingerprint density at radius 3 is 2.09 bits per heavy atom. The maximum Gasteiger partial charge on any atom is 0.325 e. The van der Waals surface area contributed by atoms with Crippen molar-refractivity contribution in [3.63, 3.8) is 0 Å². The quantitative estimate of drug-likeness (QED) is 0.232. The highest BCUT2D eigenvalue weighted by molar-refractivity contribution is 7.98. The van der Waals surface area contributed by atoms with E-state index in [1.165, 1.54) is 30.8 Å².